The zero-order valence-corrected chi connectivity index (χ0v) is 17.0. The lowest BCUT2D eigenvalue weighted by molar-refractivity contribution is -0.155. The normalized spacial score (nSPS) is 17.3. The summed E-state index contributed by atoms with van der Waals surface area (Å²) >= 11 is 0. The maximum Gasteiger partial charge on any atom is 0.407 e. The summed E-state index contributed by atoms with van der Waals surface area (Å²) in [6.07, 6.45) is 2.71. The number of likely N-dealkylation sites (tertiary alicyclic amines) is 1. The average Bonchev–Trinajstić information content (AvgIpc) is 2.59. The van der Waals surface area contributed by atoms with Crippen molar-refractivity contribution in [1.29, 1.82) is 0 Å². The highest BCUT2D eigenvalue weighted by Gasteiger charge is 2.27. The molecule has 0 unspecified atom stereocenters. The predicted molar refractivity (Wildman–Crippen MR) is 98.7 cm³/mol. The van der Waals surface area contributed by atoms with Gasteiger partial charge in [0.2, 0.25) is 5.91 Å². The van der Waals surface area contributed by atoms with Gasteiger partial charge < -0.3 is 19.7 Å². The molecule has 1 fully saturated rings. The van der Waals surface area contributed by atoms with Crippen LogP contribution >= 0.6 is 0 Å². The van der Waals surface area contributed by atoms with Gasteiger partial charge >= 0.3 is 12.1 Å². The van der Waals surface area contributed by atoms with E-state index in [2.05, 4.69) is 5.32 Å². The van der Waals surface area contributed by atoms with Crippen LogP contribution in [0.25, 0.3) is 0 Å². The Hall–Kier alpha value is -1.79. The van der Waals surface area contributed by atoms with Gasteiger partial charge in [0.15, 0.2) is 0 Å². The van der Waals surface area contributed by atoms with Gasteiger partial charge in [-0.1, -0.05) is 6.42 Å². The van der Waals surface area contributed by atoms with Gasteiger partial charge in [-0.05, 0) is 54.4 Å². The van der Waals surface area contributed by atoms with Crippen LogP contribution in [0.1, 0.15) is 73.6 Å². The number of hydrogen-bond donors (Lipinski definition) is 1. The molecule has 150 valence electrons. The minimum Gasteiger partial charge on any atom is -0.460 e. The molecule has 1 heterocycles. The predicted octanol–water partition coefficient (Wildman–Crippen LogP) is 3.01. The summed E-state index contributed by atoms with van der Waals surface area (Å²) < 4.78 is 10.6. The zero-order chi connectivity index (χ0) is 20.0. The van der Waals surface area contributed by atoms with Crippen molar-refractivity contribution >= 4 is 18.0 Å². The number of hydrogen-bond acceptors (Lipinski definition) is 5. The summed E-state index contributed by atoms with van der Waals surface area (Å²) in [5, 5.41) is 2.72. The summed E-state index contributed by atoms with van der Waals surface area (Å²) in [4.78, 5) is 38.3. The van der Waals surface area contributed by atoms with Crippen molar-refractivity contribution in [3.8, 4) is 0 Å². The second-order valence-corrected chi connectivity index (χ2v) is 8.78. The lowest BCUT2D eigenvalue weighted by Crippen LogP contribution is -2.48. The maximum atomic E-state index is 12.2. The fraction of sp³-hybridized carbons (Fsp3) is 0.842. The number of nitrogens with one attached hydrogen (secondary N) is 1. The Morgan fingerprint density at radius 1 is 1.04 bits per heavy atom. The topological polar surface area (TPSA) is 84.9 Å². The molecule has 0 bridgehead atoms. The van der Waals surface area contributed by atoms with Gasteiger partial charge in [0.1, 0.15) is 11.2 Å². The van der Waals surface area contributed by atoms with Gasteiger partial charge in [-0.3, -0.25) is 9.59 Å². The standard InChI is InChI=1S/C19H34N2O5/c1-18(2,3)25-16(23)12-14(20-17(24)26-19(4,5)6)13-21-11-9-7-8-10-15(21)22/h14H,7-13H2,1-6H3,(H,20,24)/t14-/m0/s1. The van der Waals surface area contributed by atoms with Crippen molar-refractivity contribution in [3.05, 3.63) is 0 Å². The zero-order valence-electron chi connectivity index (χ0n) is 17.0. The lowest BCUT2D eigenvalue weighted by atomic mass is 10.1. The van der Waals surface area contributed by atoms with Crippen LogP contribution < -0.4 is 5.32 Å². The van der Waals surface area contributed by atoms with E-state index in [0.29, 0.717) is 13.0 Å². The largest absolute Gasteiger partial charge is 0.460 e. The Labute approximate surface area is 156 Å². The second-order valence-electron chi connectivity index (χ2n) is 8.78. The third-order valence-electron chi connectivity index (χ3n) is 3.67. The Morgan fingerprint density at radius 3 is 2.23 bits per heavy atom. The highest BCUT2D eigenvalue weighted by atomic mass is 16.6. The number of amides is 2. The molecule has 7 nitrogen and oxygen atoms in total. The average molecular weight is 370 g/mol. The number of carbonyl (C=O) groups is 3. The molecular formula is C19H34N2O5. The summed E-state index contributed by atoms with van der Waals surface area (Å²) in [7, 11) is 0. The van der Waals surface area contributed by atoms with E-state index in [9.17, 15) is 14.4 Å². The first-order valence-electron chi connectivity index (χ1n) is 9.35. The fourth-order valence-corrected chi connectivity index (χ4v) is 2.72. The van der Waals surface area contributed by atoms with Gasteiger partial charge in [-0.25, -0.2) is 4.79 Å². The van der Waals surface area contributed by atoms with Crippen LogP contribution in [0, 0.1) is 0 Å². The Balaban J connectivity index is 2.77. The van der Waals surface area contributed by atoms with Gasteiger partial charge in [-0.15, -0.1) is 0 Å². The van der Waals surface area contributed by atoms with Crippen LogP contribution in [0.2, 0.25) is 0 Å². The number of carbonyl (C=O) groups excluding carboxylic acids is 3. The summed E-state index contributed by atoms with van der Waals surface area (Å²) in [6, 6.07) is -0.554. The van der Waals surface area contributed by atoms with Crippen LogP contribution in [0.3, 0.4) is 0 Å². The molecule has 0 aliphatic carbocycles. The van der Waals surface area contributed by atoms with Gasteiger partial charge in [-0.2, -0.15) is 0 Å². The molecule has 0 radical (unpaired) electrons. The maximum absolute atomic E-state index is 12.2. The van der Waals surface area contributed by atoms with Gasteiger partial charge in [0, 0.05) is 19.5 Å². The smallest absolute Gasteiger partial charge is 0.407 e. The van der Waals surface area contributed by atoms with Gasteiger partial charge in [0.25, 0.3) is 0 Å². The SMILES string of the molecule is CC(C)(C)OC(=O)C[C@@H](CN1CCCCCC1=O)NC(=O)OC(C)(C)C. The van der Waals surface area contributed by atoms with Crippen molar-refractivity contribution in [2.24, 2.45) is 0 Å². The number of rotatable bonds is 5. The molecular weight excluding hydrogens is 336 g/mol. The van der Waals surface area contributed by atoms with Crippen LogP contribution in [-0.2, 0) is 19.1 Å². The van der Waals surface area contributed by atoms with E-state index in [1.165, 1.54) is 0 Å². The molecule has 0 aromatic heterocycles. The third-order valence-corrected chi connectivity index (χ3v) is 3.67. The summed E-state index contributed by atoms with van der Waals surface area (Å²) in [5.41, 5.74) is -1.25. The molecule has 1 saturated heterocycles. The lowest BCUT2D eigenvalue weighted by Gasteiger charge is -2.29. The highest BCUT2D eigenvalue weighted by molar-refractivity contribution is 5.77. The van der Waals surface area contributed by atoms with E-state index in [0.717, 1.165) is 19.3 Å². The van der Waals surface area contributed by atoms with E-state index in [1.807, 2.05) is 0 Å². The molecule has 1 atom stereocenters. The van der Waals surface area contributed by atoms with E-state index >= 15 is 0 Å². The van der Waals surface area contributed by atoms with Crippen LogP contribution in [0.15, 0.2) is 0 Å². The molecule has 0 spiro atoms. The minimum absolute atomic E-state index is 0.0136. The molecule has 0 aromatic rings. The van der Waals surface area contributed by atoms with Crippen molar-refractivity contribution in [2.45, 2.75) is 90.9 Å². The number of nitrogens with zero attached hydrogens (tertiary/aromatic N) is 1. The molecule has 1 N–H and O–H groups in total. The fourth-order valence-electron chi connectivity index (χ4n) is 2.72. The monoisotopic (exact) mass is 370 g/mol. The van der Waals surface area contributed by atoms with Crippen molar-refractivity contribution in [1.82, 2.24) is 10.2 Å². The molecule has 0 aromatic carbocycles. The number of alkyl carbamates (subject to hydrolysis) is 1. The van der Waals surface area contributed by atoms with Crippen molar-refractivity contribution in [3.63, 3.8) is 0 Å². The molecule has 1 aliphatic rings. The molecule has 1 aliphatic heterocycles. The molecule has 7 heteroatoms. The Morgan fingerprint density at radius 2 is 1.65 bits per heavy atom. The first-order valence-corrected chi connectivity index (χ1v) is 9.35. The third kappa shape index (κ3) is 9.63. The highest BCUT2D eigenvalue weighted by Crippen LogP contribution is 2.15. The van der Waals surface area contributed by atoms with E-state index < -0.39 is 29.3 Å². The first-order chi connectivity index (χ1) is 11.9. The number of esters is 1. The van der Waals surface area contributed by atoms with E-state index in [-0.39, 0.29) is 18.9 Å². The summed E-state index contributed by atoms with van der Waals surface area (Å²) in [6.45, 7) is 11.6. The van der Waals surface area contributed by atoms with Crippen LogP contribution in [0.4, 0.5) is 4.79 Å². The quantitative estimate of drug-likeness (QED) is 0.752. The molecule has 0 saturated carbocycles. The minimum atomic E-state index is -0.640. The molecule has 2 amide bonds. The van der Waals surface area contributed by atoms with Crippen LogP contribution in [0.5, 0.6) is 0 Å². The molecule has 26 heavy (non-hydrogen) atoms. The number of ether oxygens (including phenoxy) is 2. The second kappa shape index (κ2) is 9.24. The van der Waals surface area contributed by atoms with E-state index in [4.69, 9.17) is 9.47 Å². The van der Waals surface area contributed by atoms with Crippen molar-refractivity contribution in [2.75, 3.05) is 13.1 Å². The Bertz CT molecular complexity index is 475. The molecule has 1 rings (SSSR count). The van der Waals surface area contributed by atoms with E-state index in [1.54, 1.807) is 46.4 Å². The van der Waals surface area contributed by atoms with Gasteiger partial charge in [0.05, 0.1) is 12.5 Å². The summed E-state index contributed by atoms with van der Waals surface area (Å²) in [5.74, 6) is -0.358. The first kappa shape index (κ1) is 22.3. The van der Waals surface area contributed by atoms with Crippen LogP contribution in [-0.4, -0.2) is 53.2 Å². The Kier molecular flexibility index (Phi) is 7.90. The van der Waals surface area contributed by atoms with Crippen molar-refractivity contribution < 1.29 is 23.9 Å².